The predicted molar refractivity (Wildman–Crippen MR) is 57.9 cm³/mol. The molecule has 0 saturated heterocycles. The zero-order valence-corrected chi connectivity index (χ0v) is 8.53. The van der Waals surface area contributed by atoms with E-state index in [4.69, 9.17) is 10.2 Å². The molecule has 0 atom stereocenters. The van der Waals surface area contributed by atoms with Crippen LogP contribution in [0, 0.1) is 0 Å². The molecule has 2 heterocycles. The van der Waals surface area contributed by atoms with Gasteiger partial charge in [-0.2, -0.15) is 0 Å². The molecule has 0 bridgehead atoms. The number of hydrogen-bond donors (Lipinski definition) is 1. The molecule has 0 radical (unpaired) electrons. The summed E-state index contributed by atoms with van der Waals surface area (Å²) in [5, 5.41) is 2.21. The number of hydrogen-bond acceptors (Lipinski definition) is 3. The summed E-state index contributed by atoms with van der Waals surface area (Å²) in [7, 11) is 0. The monoisotopic (exact) mass is 193 g/mol. The summed E-state index contributed by atoms with van der Waals surface area (Å²) in [6.07, 6.45) is 2.00. The van der Waals surface area contributed by atoms with Crippen molar-refractivity contribution >= 4 is 17.0 Å². The summed E-state index contributed by atoms with van der Waals surface area (Å²) in [5.74, 6) is 0.469. The van der Waals surface area contributed by atoms with Gasteiger partial charge < -0.3 is 15.2 Å². The van der Waals surface area contributed by atoms with Crippen molar-refractivity contribution in [1.82, 2.24) is 4.68 Å². The summed E-state index contributed by atoms with van der Waals surface area (Å²) < 4.78 is 7.40. The van der Waals surface area contributed by atoms with Gasteiger partial charge >= 0.3 is 0 Å². The summed E-state index contributed by atoms with van der Waals surface area (Å²) >= 11 is 0. The van der Waals surface area contributed by atoms with E-state index >= 15 is 0 Å². The quantitative estimate of drug-likeness (QED) is 0.808. The van der Waals surface area contributed by atoms with E-state index in [0.29, 0.717) is 5.88 Å². The number of nitrogens with zero attached hydrogens (tertiary/aromatic N) is 2. The zero-order valence-electron chi connectivity index (χ0n) is 8.53. The SMILES string of the molecule is CCN(CC)n1ccc2oc(N)cc21. The van der Waals surface area contributed by atoms with Crippen molar-refractivity contribution in [1.29, 1.82) is 0 Å². The van der Waals surface area contributed by atoms with Crippen LogP contribution >= 0.6 is 0 Å². The smallest absolute Gasteiger partial charge is 0.193 e. The van der Waals surface area contributed by atoms with Crippen LogP contribution in [-0.2, 0) is 0 Å². The molecule has 0 spiro atoms. The number of furan rings is 1. The van der Waals surface area contributed by atoms with E-state index in [-0.39, 0.29) is 0 Å². The molecule has 2 N–H and O–H groups in total. The molecule has 2 aromatic rings. The van der Waals surface area contributed by atoms with Gasteiger partial charge in [-0.25, -0.2) is 0 Å². The van der Waals surface area contributed by atoms with E-state index in [0.717, 1.165) is 24.2 Å². The average Bonchev–Trinajstić information content (AvgIpc) is 2.68. The largest absolute Gasteiger partial charge is 0.439 e. The minimum absolute atomic E-state index is 0.469. The highest BCUT2D eigenvalue weighted by Crippen LogP contribution is 2.21. The van der Waals surface area contributed by atoms with E-state index < -0.39 is 0 Å². The fraction of sp³-hybridized carbons (Fsp3) is 0.400. The molecule has 0 unspecified atom stereocenters. The first-order valence-electron chi connectivity index (χ1n) is 4.87. The Morgan fingerprint density at radius 2 is 2.14 bits per heavy atom. The lowest BCUT2D eigenvalue weighted by molar-refractivity contribution is 0.634. The fourth-order valence-electron chi connectivity index (χ4n) is 1.71. The van der Waals surface area contributed by atoms with Crippen LogP contribution in [0.25, 0.3) is 11.1 Å². The molecule has 0 aliphatic rings. The molecule has 14 heavy (non-hydrogen) atoms. The number of nitrogens with two attached hydrogens (primary N) is 1. The highest BCUT2D eigenvalue weighted by atomic mass is 16.3. The topological polar surface area (TPSA) is 47.3 Å². The first-order chi connectivity index (χ1) is 6.76. The van der Waals surface area contributed by atoms with Crippen LogP contribution in [0.3, 0.4) is 0 Å². The number of fused-ring (bicyclic) bond motifs is 1. The van der Waals surface area contributed by atoms with Gasteiger partial charge in [0.25, 0.3) is 0 Å². The first kappa shape index (κ1) is 8.99. The lowest BCUT2D eigenvalue weighted by Gasteiger charge is -2.22. The predicted octanol–water partition coefficient (Wildman–Crippen LogP) is 1.79. The summed E-state index contributed by atoms with van der Waals surface area (Å²) in [6, 6.07) is 3.79. The van der Waals surface area contributed by atoms with E-state index in [1.807, 2.05) is 18.3 Å². The Balaban J connectivity index is 2.50. The molecule has 0 aliphatic carbocycles. The Labute approximate surface area is 82.9 Å². The Morgan fingerprint density at radius 1 is 1.43 bits per heavy atom. The third-order valence-corrected chi connectivity index (χ3v) is 2.41. The summed E-state index contributed by atoms with van der Waals surface area (Å²) in [6.45, 7) is 6.17. The van der Waals surface area contributed by atoms with E-state index in [9.17, 15) is 0 Å². The van der Waals surface area contributed by atoms with Crippen LogP contribution in [0.1, 0.15) is 13.8 Å². The zero-order chi connectivity index (χ0) is 10.1. The molecule has 0 fully saturated rings. The van der Waals surface area contributed by atoms with Crippen LogP contribution in [0.15, 0.2) is 22.7 Å². The van der Waals surface area contributed by atoms with Crippen molar-refractivity contribution in [3.05, 3.63) is 18.3 Å². The lowest BCUT2D eigenvalue weighted by Crippen LogP contribution is -2.33. The van der Waals surface area contributed by atoms with Gasteiger partial charge in [-0.15, -0.1) is 0 Å². The van der Waals surface area contributed by atoms with Crippen molar-refractivity contribution in [2.75, 3.05) is 23.8 Å². The normalized spacial score (nSPS) is 11.0. The van der Waals surface area contributed by atoms with Crippen LogP contribution in [0.4, 0.5) is 5.88 Å². The summed E-state index contributed by atoms with van der Waals surface area (Å²) in [5.41, 5.74) is 7.46. The minimum atomic E-state index is 0.469. The van der Waals surface area contributed by atoms with Crippen LogP contribution in [0.2, 0.25) is 0 Å². The number of nitrogen functional groups attached to an aromatic ring is 1. The van der Waals surface area contributed by atoms with Gasteiger partial charge in [0.15, 0.2) is 11.5 Å². The second kappa shape index (κ2) is 3.29. The molecule has 0 aliphatic heterocycles. The van der Waals surface area contributed by atoms with Crippen molar-refractivity contribution < 1.29 is 4.42 Å². The second-order valence-electron chi connectivity index (χ2n) is 3.20. The Morgan fingerprint density at radius 3 is 2.79 bits per heavy atom. The molecule has 2 aromatic heterocycles. The molecule has 0 aromatic carbocycles. The third-order valence-electron chi connectivity index (χ3n) is 2.41. The van der Waals surface area contributed by atoms with Crippen molar-refractivity contribution in [3.63, 3.8) is 0 Å². The van der Waals surface area contributed by atoms with Gasteiger partial charge in [-0.05, 0) is 13.8 Å². The molecular formula is C10H15N3O. The molecule has 2 rings (SSSR count). The Bertz CT molecular complexity index is 425. The number of aromatic nitrogens is 1. The third kappa shape index (κ3) is 1.23. The first-order valence-corrected chi connectivity index (χ1v) is 4.87. The van der Waals surface area contributed by atoms with Crippen molar-refractivity contribution in [2.24, 2.45) is 0 Å². The van der Waals surface area contributed by atoms with Crippen LogP contribution < -0.4 is 10.7 Å². The van der Waals surface area contributed by atoms with Gasteiger partial charge in [0.1, 0.15) is 5.52 Å². The average molecular weight is 193 g/mol. The van der Waals surface area contributed by atoms with Crippen LogP contribution in [-0.4, -0.2) is 17.8 Å². The lowest BCUT2D eigenvalue weighted by atomic mass is 10.5. The summed E-state index contributed by atoms with van der Waals surface area (Å²) in [4.78, 5) is 0. The molecule has 4 heteroatoms. The molecule has 4 nitrogen and oxygen atoms in total. The molecular weight excluding hydrogens is 178 g/mol. The van der Waals surface area contributed by atoms with E-state index in [1.165, 1.54) is 0 Å². The van der Waals surface area contributed by atoms with Gasteiger partial charge in [0.05, 0.1) is 0 Å². The van der Waals surface area contributed by atoms with Gasteiger partial charge in [-0.1, -0.05) is 0 Å². The number of rotatable bonds is 3. The Hall–Kier alpha value is -1.58. The van der Waals surface area contributed by atoms with Gasteiger partial charge in [0, 0.05) is 31.4 Å². The standard InChI is InChI=1S/C10H15N3O/c1-3-12(4-2)13-6-5-9-8(13)7-10(11)14-9/h5-7H,3-4,11H2,1-2H3. The second-order valence-corrected chi connectivity index (χ2v) is 3.20. The van der Waals surface area contributed by atoms with E-state index in [1.54, 1.807) is 0 Å². The maximum Gasteiger partial charge on any atom is 0.193 e. The van der Waals surface area contributed by atoms with Crippen molar-refractivity contribution in [3.8, 4) is 0 Å². The highest BCUT2D eigenvalue weighted by Gasteiger charge is 2.09. The minimum Gasteiger partial charge on any atom is -0.439 e. The number of anilines is 1. The maximum atomic E-state index is 5.59. The molecule has 76 valence electrons. The van der Waals surface area contributed by atoms with Crippen molar-refractivity contribution in [2.45, 2.75) is 13.8 Å². The maximum absolute atomic E-state index is 5.59. The van der Waals surface area contributed by atoms with Gasteiger partial charge in [0.2, 0.25) is 0 Å². The molecule has 0 amide bonds. The highest BCUT2D eigenvalue weighted by molar-refractivity contribution is 5.78. The van der Waals surface area contributed by atoms with E-state index in [2.05, 4.69) is 23.5 Å². The molecule has 0 saturated carbocycles. The fourth-order valence-corrected chi connectivity index (χ4v) is 1.71. The Kier molecular flexibility index (Phi) is 2.11. The van der Waals surface area contributed by atoms with Crippen LogP contribution in [0.5, 0.6) is 0 Å². The van der Waals surface area contributed by atoms with Gasteiger partial charge in [-0.3, -0.25) is 4.68 Å².